The van der Waals surface area contributed by atoms with Gasteiger partial charge in [0, 0.05) is 12.1 Å². The number of fused-ring (bicyclic) bond motifs is 1. The highest BCUT2D eigenvalue weighted by Gasteiger charge is 2.36. The summed E-state index contributed by atoms with van der Waals surface area (Å²) in [4.78, 5) is 16.9. The maximum absolute atomic E-state index is 13.0. The van der Waals surface area contributed by atoms with E-state index in [4.69, 9.17) is 16.3 Å². The Hall–Kier alpha value is -2.94. The molecule has 25 heavy (non-hydrogen) atoms. The van der Waals surface area contributed by atoms with Crippen molar-refractivity contribution in [3.8, 4) is 11.6 Å². The van der Waals surface area contributed by atoms with Gasteiger partial charge in [-0.2, -0.15) is 18.2 Å². The van der Waals surface area contributed by atoms with Crippen molar-refractivity contribution in [1.29, 1.82) is 0 Å². The maximum Gasteiger partial charge on any atom is 0.451 e. The van der Waals surface area contributed by atoms with Crippen LogP contribution in [0.4, 0.5) is 18.9 Å². The van der Waals surface area contributed by atoms with Gasteiger partial charge in [-0.05, 0) is 18.2 Å². The second kappa shape index (κ2) is 6.17. The Bertz CT molecular complexity index is 979. The summed E-state index contributed by atoms with van der Waals surface area (Å²) in [7, 11) is 0. The number of nitrogens with zero attached hydrogens (tertiary/aromatic N) is 3. The average Bonchev–Trinajstić information content (AvgIpc) is 2.55. The maximum atomic E-state index is 13.0. The Morgan fingerprint density at radius 3 is 2.48 bits per heavy atom. The van der Waals surface area contributed by atoms with Crippen LogP contribution >= 0.6 is 11.6 Å². The molecule has 0 aliphatic rings. The minimum absolute atomic E-state index is 0.0397. The fourth-order valence-corrected chi connectivity index (χ4v) is 2.26. The molecule has 3 rings (SSSR count). The molecule has 0 spiro atoms. The van der Waals surface area contributed by atoms with Gasteiger partial charge in [-0.1, -0.05) is 23.7 Å². The second-order valence-electron chi connectivity index (χ2n) is 4.84. The number of non-ortho nitro benzene ring substituents is 1. The molecule has 2 aromatic carbocycles. The van der Waals surface area contributed by atoms with Crippen molar-refractivity contribution in [3.05, 3.63) is 63.4 Å². The third kappa shape index (κ3) is 3.45. The van der Waals surface area contributed by atoms with Crippen molar-refractivity contribution in [1.82, 2.24) is 9.97 Å². The summed E-state index contributed by atoms with van der Waals surface area (Å²) in [5, 5.41) is 10.8. The van der Waals surface area contributed by atoms with Crippen molar-refractivity contribution in [3.63, 3.8) is 0 Å². The van der Waals surface area contributed by atoms with Crippen molar-refractivity contribution >= 4 is 28.2 Å². The summed E-state index contributed by atoms with van der Waals surface area (Å²) < 4.78 is 44.3. The number of nitro groups is 1. The summed E-state index contributed by atoms with van der Waals surface area (Å²) in [6, 6.07) is 9.33. The molecule has 6 nitrogen and oxygen atoms in total. The number of nitro benzene ring substituents is 1. The molecule has 0 radical (unpaired) electrons. The van der Waals surface area contributed by atoms with Crippen LogP contribution in [-0.2, 0) is 6.18 Å². The first-order chi connectivity index (χ1) is 11.8. The molecule has 0 unspecified atom stereocenters. The number of ether oxygens (including phenoxy) is 1. The molecule has 0 amide bonds. The Kier molecular flexibility index (Phi) is 4.17. The normalized spacial score (nSPS) is 11.5. The number of rotatable bonds is 3. The zero-order valence-electron chi connectivity index (χ0n) is 12.1. The van der Waals surface area contributed by atoms with Gasteiger partial charge in [-0.25, -0.2) is 4.98 Å². The van der Waals surface area contributed by atoms with Crippen molar-refractivity contribution in [2.75, 3.05) is 0 Å². The molecule has 0 saturated heterocycles. The van der Waals surface area contributed by atoms with Gasteiger partial charge in [0.05, 0.1) is 20.8 Å². The van der Waals surface area contributed by atoms with Crippen LogP contribution in [0.3, 0.4) is 0 Å². The van der Waals surface area contributed by atoms with Gasteiger partial charge in [-0.15, -0.1) is 0 Å². The Labute approximate surface area is 143 Å². The van der Waals surface area contributed by atoms with Crippen LogP contribution < -0.4 is 4.74 Å². The smallest absolute Gasteiger partial charge is 0.437 e. The van der Waals surface area contributed by atoms with Crippen molar-refractivity contribution in [2.45, 2.75) is 6.18 Å². The van der Waals surface area contributed by atoms with Crippen LogP contribution in [0.5, 0.6) is 11.6 Å². The topological polar surface area (TPSA) is 78.2 Å². The van der Waals surface area contributed by atoms with Crippen LogP contribution in [0, 0.1) is 10.1 Å². The summed E-state index contributed by atoms with van der Waals surface area (Å²) in [5.41, 5.74) is -0.237. The molecule has 1 heterocycles. The molecule has 0 atom stereocenters. The lowest BCUT2D eigenvalue weighted by Crippen LogP contribution is -2.11. The van der Waals surface area contributed by atoms with E-state index in [1.54, 1.807) is 6.07 Å². The molecule has 10 heteroatoms. The van der Waals surface area contributed by atoms with E-state index in [1.165, 1.54) is 24.3 Å². The lowest BCUT2D eigenvalue weighted by atomic mass is 10.2. The van der Waals surface area contributed by atoms with Crippen LogP contribution in [0.25, 0.3) is 10.9 Å². The van der Waals surface area contributed by atoms with Gasteiger partial charge in [0.1, 0.15) is 5.75 Å². The van der Waals surface area contributed by atoms with Crippen LogP contribution in [0.15, 0.2) is 42.5 Å². The molecule has 3 aromatic rings. The average molecular weight is 370 g/mol. The van der Waals surface area contributed by atoms with Crippen molar-refractivity contribution in [2.24, 2.45) is 0 Å². The van der Waals surface area contributed by atoms with Gasteiger partial charge in [0.2, 0.25) is 11.7 Å². The Morgan fingerprint density at radius 2 is 1.84 bits per heavy atom. The highest BCUT2D eigenvalue weighted by Crippen LogP contribution is 2.36. The molecule has 0 saturated carbocycles. The monoisotopic (exact) mass is 369 g/mol. The zero-order chi connectivity index (χ0) is 18.2. The van der Waals surface area contributed by atoms with Gasteiger partial charge in [-0.3, -0.25) is 10.1 Å². The summed E-state index contributed by atoms with van der Waals surface area (Å²) in [5.74, 6) is -1.78. The van der Waals surface area contributed by atoms with Gasteiger partial charge in [0.15, 0.2) is 0 Å². The molecule has 0 N–H and O–H groups in total. The predicted molar refractivity (Wildman–Crippen MR) is 82.7 cm³/mol. The molecule has 0 aliphatic heterocycles. The number of para-hydroxylation sites is 1. The minimum Gasteiger partial charge on any atom is -0.437 e. The number of aromatic nitrogens is 2. The molecule has 0 fully saturated rings. The largest absolute Gasteiger partial charge is 0.451 e. The first-order valence-corrected chi connectivity index (χ1v) is 7.09. The molecular formula is C15H7ClF3N3O3. The first kappa shape index (κ1) is 16.9. The number of alkyl halides is 3. The first-order valence-electron chi connectivity index (χ1n) is 6.71. The lowest BCUT2D eigenvalue weighted by Gasteiger charge is -2.12. The van der Waals surface area contributed by atoms with E-state index in [-0.39, 0.29) is 33.2 Å². The summed E-state index contributed by atoms with van der Waals surface area (Å²) >= 11 is 5.91. The number of hydrogen-bond acceptors (Lipinski definition) is 5. The third-order valence-electron chi connectivity index (χ3n) is 3.15. The minimum atomic E-state index is -4.76. The molecule has 128 valence electrons. The fourth-order valence-electron chi connectivity index (χ4n) is 2.04. The molecule has 1 aromatic heterocycles. The van der Waals surface area contributed by atoms with Crippen LogP contribution in [0.1, 0.15) is 5.82 Å². The van der Waals surface area contributed by atoms with E-state index in [0.29, 0.717) is 0 Å². The number of benzene rings is 2. The van der Waals surface area contributed by atoms with E-state index >= 15 is 0 Å². The molecular weight excluding hydrogens is 363 g/mol. The van der Waals surface area contributed by atoms with Crippen LogP contribution in [-0.4, -0.2) is 14.9 Å². The predicted octanol–water partition coefficient (Wildman–Crippen LogP) is 5.00. The highest BCUT2D eigenvalue weighted by atomic mass is 35.5. The summed E-state index contributed by atoms with van der Waals surface area (Å²) in [6.45, 7) is 0. The van der Waals surface area contributed by atoms with Gasteiger partial charge in [0.25, 0.3) is 5.69 Å². The van der Waals surface area contributed by atoms with E-state index in [2.05, 4.69) is 9.97 Å². The summed E-state index contributed by atoms with van der Waals surface area (Å²) in [6.07, 6.45) is -4.76. The second-order valence-corrected chi connectivity index (χ2v) is 5.25. The van der Waals surface area contributed by atoms with Gasteiger partial charge >= 0.3 is 6.18 Å². The Balaban J connectivity index is 2.11. The zero-order valence-corrected chi connectivity index (χ0v) is 12.9. The Morgan fingerprint density at radius 1 is 1.12 bits per heavy atom. The standard InChI is InChI=1S/C15H7ClF3N3O3/c16-10-7-8(22(23)24)5-6-12(10)25-13-9-3-1-2-4-11(9)20-14(21-13)15(17,18)19/h1-7H. The molecule has 0 bridgehead atoms. The number of hydrogen-bond donors (Lipinski definition) is 0. The van der Waals surface area contributed by atoms with Gasteiger partial charge < -0.3 is 4.74 Å². The molecule has 0 aliphatic carbocycles. The van der Waals surface area contributed by atoms with E-state index in [0.717, 1.165) is 12.1 Å². The van der Waals surface area contributed by atoms with Crippen LogP contribution in [0.2, 0.25) is 5.02 Å². The third-order valence-corrected chi connectivity index (χ3v) is 3.45. The van der Waals surface area contributed by atoms with Crippen molar-refractivity contribution < 1.29 is 22.8 Å². The van der Waals surface area contributed by atoms with E-state index in [9.17, 15) is 23.3 Å². The fraction of sp³-hybridized carbons (Fsp3) is 0.0667. The SMILES string of the molecule is O=[N+]([O-])c1ccc(Oc2nc(C(F)(F)F)nc3ccccc23)c(Cl)c1. The highest BCUT2D eigenvalue weighted by molar-refractivity contribution is 6.32. The van der Waals surface area contributed by atoms with E-state index in [1.807, 2.05) is 0 Å². The lowest BCUT2D eigenvalue weighted by molar-refractivity contribution is -0.384. The quantitative estimate of drug-likeness (QED) is 0.479. The number of halogens is 4. The van der Waals surface area contributed by atoms with E-state index < -0.39 is 16.9 Å².